The number of carbonyl (C=O) groups excluding carboxylic acids is 2. The number of halogens is 1. The normalized spacial score (nSPS) is 22.5. The van der Waals surface area contributed by atoms with E-state index in [1.807, 2.05) is 25.8 Å². The van der Waals surface area contributed by atoms with E-state index in [0.29, 0.717) is 34.0 Å². The van der Waals surface area contributed by atoms with Gasteiger partial charge in [0.05, 0.1) is 17.6 Å². The third-order valence-electron chi connectivity index (χ3n) is 5.41. The van der Waals surface area contributed by atoms with Gasteiger partial charge in [-0.3, -0.25) is 4.79 Å². The molecular weight excluding hydrogens is 408 g/mol. The summed E-state index contributed by atoms with van der Waals surface area (Å²) in [5.74, 6) is 1.14. The second-order valence-electron chi connectivity index (χ2n) is 7.59. The van der Waals surface area contributed by atoms with Crippen LogP contribution in [0.2, 0.25) is 5.15 Å². The molecule has 0 spiro atoms. The van der Waals surface area contributed by atoms with E-state index in [4.69, 9.17) is 11.6 Å². The largest absolute Gasteiger partial charge is 0.351 e. The van der Waals surface area contributed by atoms with Crippen LogP contribution in [0.1, 0.15) is 25.5 Å². The first-order chi connectivity index (χ1) is 14.3. The van der Waals surface area contributed by atoms with E-state index >= 15 is 0 Å². The predicted octanol–water partition coefficient (Wildman–Crippen LogP) is 2.37. The van der Waals surface area contributed by atoms with Gasteiger partial charge in [0, 0.05) is 19.1 Å². The van der Waals surface area contributed by atoms with Crippen molar-refractivity contribution in [1.82, 2.24) is 20.3 Å². The number of rotatable bonds is 4. The zero-order valence-corrected chi connectivity index (χ0v) is 17.6. The van der Waals surface area contributed by atoms with Gasteiger partial charge in [-0.15, -0.1) is 0 Å². The van der Waals surface area contributed by atoms with Gasteiger partial charge in [0.2, 0.25) is 11.9 Å². The quantitative estimate of drug-likeness (QED) is 0.549. The lowest BCUT2D eigenvalue weighted by molar-refractivity contribution is -0.117. The highest BCUT2D eigenvalue weighted by Crippen LogP contribution is 2.33. The summed E-state index contributed by atoms with van der Waals surface area (Å²) in [5.41, 5.74) is 1.93. The highest BCUT2D eigenvalue weighted by atomic mass is 35.5. The summed E-state index contributed by atoms with van der Waals surface area (Å²) in [6.45, 7) is 3.67. The van der Waals surface area contributed by atoms with Crippen LogP contribution in [0.3, 0.4) is 0 Å². The molecule has 0 bridgehead atoms. The number of hydrogen-bond donors (Lipinski definition) is 4. The lowest BCUT2D eigenvalue weighted by Gasteiger charge is -2.37. The Morgan fingerprint density at radius 3 is 2.73 bits per heavy atom. The van der Waals surface area contributed by atoms with Crippen molar-refractivity contribution in [3.8, 4) is 0 Å². The van der Waals surface area contributed by atoms with Gasteiger partial charge in [-0.1, -0.05) is 11.6 Å². The fourth-order valence-electron chi connectivity index (χ4n) is 3.45. The monoisotopic (exact) mass is 430 g/mol. The molecule has 3 heterocycles. The number of pyridine rings is 1. The van der Waals surface area contributed by atoms with Crippen molar-refractivity contribution in [2.75, 3.05) is 27.9 Å². The van der Waals surface area contributed by atoms with Gasteiger partial charge in [-0.05, 0) is 38.8 Å². The maximum atomic E-state index is 12.1. The topological polar surface area (TPSA) is 124 Å². The summed E-state index contributed by atoms with van der Waals surface area (Å²) in [4.78, 5) is 38.9. The number of fused-ring (bicyclic) bond motifs is 1. The molecule has 1 saturated carbocycles. The van der Waals surface area contributed by atoms with Gasteiger partial charge in [-0.2, -0.15) is 4.98 Å². The minimum atomic E-state index is -0.300. The number of aromatic nitrogens is 3. The number of aryl methyl sites for hydroxylation is 1. The smallest absolute Gasteiger partial charge is 0.319 e. The summed E-state index contributed by atoms with van der Waals surface area (Å²) in [6.07, 6.45) is 3.02. The Morgan fingerprint density at radius 2 is 2.03 bits per heavy atom. The van der Waals surface area contributed by atoms with Crippen LogP contribution in [0.25, 0.3) is 0 Å². The number of amides is 3. The van der Waals surface area contributed by atoms with Crippen molar-refractivity contribution < 1.29 is 9.59 Å². The van der Waals surface area contributed by atoms with Crippen LogP contribution >= 0.6 is 11.6 Å². The number of hydrogen-bond acceptors (Lipinski definition) is 7. The van der Waals surface area contributed by atoms with Gasteiger partial charge in [0.1, 0.15) is 16.9 Å². The second kappa shape index (κ2) is 7.94. The van der Waals surface area contributed by atoms with Gasteiger partial charge in [-0.25, -0.2) is 14.8 Å². The number of likely N-dealkylation sites (N-methyl/N-ethyl adjacent to an activating group) is 1. The molecule has 0 aromatic carbocycles. The molecule has 1 fully saturated rings. The number of carbonyl (C=O) groups is 2. The Morgan fingerprint density at radius 1 is 1.27 bits per heavy atom. The molecule has 10 nitrogen and oxygen atoms in total. The van der Waals surface area contributed by atoms with Gasteiger partial charge >= 0.3 is 6.03 Å². The van der Waals surface area contributed by atoms with Crippen LogP contribution in [0.15, 0.2) is 18.3 Å². The van der Waals surface area contributed by atoms with Gasteiger partial charge in [0.15, 0.2) is 5.82 Å². The number of nitrogens with one attached hydrogen (secondary N) is 4. The molecule has 4 rings (SSSR count). The Hall–Kier alpha value is -3.14. The number of anilines is 4. The molecule has 4 N–H and O–H groups in total. The van der Waals surface area contributed by atoms with E-state index in [1.165, 1.54) is 6.20 Å². The van der Waals surface area contributed by atoms with Crippen molar-refractivity contribution in [3.05, 3.63) is 29.2 Å². The molecule has 1 aliphatic carbocycles. The van der Waals surface area contributed by atoms with E-state index in [2.05, 4.69) is 36.2 Å². The Bertz CT molecular complexity index is 977. The SMILES string of the molecule is Cc1nc(NC2CC(NC(=O)Nc3ccc(Cl)nc3)C2)nc2c1NC(=O)C(C)N2C. The molecule has 0 radical (unpaired) electrons. The lowest BCUT2D eigenvalue weighted by Crippen LogP contribution is -2.51. The van der Waals surface area contributed by atoms with Crippen LogP contribution in [-0.4, -0.2) is 52.1 Å². The summed E-state index contributed by atoms with van der Waals surface area (Å²) in [7, 11) is 1.84. The maximum Gasteiger partial charge on any atom is 0.319 e. The Kier molecular flexibility index (Phi) is 5.33. The second-order valence-corrected chi connectivity index (χ2v) is 7.97. The van der Waals surface area contributed by atoms with Crippen LogP contribution < -0.4 is 26.2 Å². The molecule has 0 saturated heterocycles. The molecule has 3 amide bonds. The fraction of sp³-hybridized carbons (Fsp3) is 0.421. The molecule has 158 valence electrons. The van der Waals surface area contributed by atoms with E-state index < -0.39 is 0 Å². The lowest BCUT2D eigenvalue weighted by atomic mass is 9.87. The first kappa shape index (κ1) is 20.1. The molecule has 2 aromatic heterocycles. The third-order valence-corrected chi connectivity index (χ3v) is 5.63. The van der Waals surface area contributed by atoms with Crippen molar-refractivity contribution in [3.63, 3.8) is 0 Å². The summed E-state index contributed by atoms with van der Waals surface area (Å²) in [5, 5.41) is 12.2. The van der Waals surface area contributed by atoms with Gasteiger partial charge < -0.3 is 26.2 Å². The maximum absolute atomic E-state index is 12.1. The van der Waals surface area contributed by atoms with Crippen molar-refractivity contribution in [1.29, 1.82) is 0 Å². The summed E-state index contributed by atoms with van der Waals surface area (Å²) < 4.78 is 0. The first-order valence-electron chi connectivity index (χ1n) is 9.68. The van der Waals surface area contributed by atoms with Crippen LogP contribution in [0, 0.1) is 6.92 Å². The molecule has 1 atom stereocenters. The minimum Gasteiger partial charge on any atom is -0.351 e. The number of urea groups is 1. The highest BCUT2D eigenvalue weighted by molar-refractivity contribution is 6.29. The standard InChI is InChI=1S/C19H23ClN8O2/c1-9-15-16(28(3)10(2)17(29)26-15)27-18(22-9)23-12-6-13(7-12)25-19(30)24-11-4-5-14(20)21-8-11/h4-5,8,10,12-13H,6-7H2,1-3H3,(H,26,29)(H,22,23,27)(H2,24,25,30). The molecular formula is C19H23ClN8O2. The highest BCUT2D eigenvalue weighted by Gasteiger charge is 2.33. The average Bonchev–Trinajstić information content (AvgIpc) is 2.67. The van der Waals surface area contributed by atoms with E-state index in [1.54, 1.807) is 12.1 Å². The van der Waals surface area contributed by atoms with Crippen molar-refractivity contribution in [2.45, 2.75) is 44.8 Å². The van der Waals surface area contributed by atoms with E-state index in [0.717, 1.165) is 12.8 Å². The Balaban J connectivity index is 1.31. The fourth-order valence-corrected chi connectivity index (χ4v) is 3.56. The van der Waals surface area contributed by atoms with Crippen LogP contribution in [0.5, 0.6) is 0 Å². The summed E-state index contributed by atoms with van der Waals surface area (Å²) >= 11 is 5.74. The zero-order valence-electron chi connectivity index (χ0n) is 16.9. The molecule has 11 heteroatoms. The molecule has 2 aliphatic rings. The molecule has 1 unspecified atom stereocenters. The minimum absolute atomic E-state index is 0.0588. The van der Waals surface area contributed by atoms with Crippen molar-refractivity contribution >= 4 is 46.7 Å². The van der Waals surface area contributed by atoms with Crippen LogP contribution in [-0.2, 0) is 4.79 Å². The first-order valence-corrected chi connectivity index (χ1v) is 10.1. The van der Waals surface area contributed by atoms with E-state index in [9.17, 15) is 9.59 Å². The van der Waals surface area contributed by atoms with Gasteiger partial charge in [0.25, 0.3) is 0 Å². The number of nitrogens with zero attached hydrogens (tertiary/aromatic N) is 4. The molecule has 1 aliphatic heterocycles. The summed E-state index contributed by atoms with van der Waals surface area (Å²) in [6, 6.07) is 2.94. The Labute approximate surface area is 178 Å². The zero-order chi connectivity index (χ0) is 21.4. The van der Waals surface area contributed by atoms with Crippen LogP contribution in [0.4, 0.5) is 27.9 Å². The average molecular weight is 431 g/mol. The van der Waals surface area contributed by atoms with Crippen molar-refractivity contribution in [2.24, 2.45) is 0 Å². The molecule has 2 aromatic rings. The van der Waals surface area contributed by atoms with E-state index in [-0.39, 0.29) is 30.1 Å². The molecule has 30 heavy (non-hydrogen) atoms. The predicted molar refractivity (Wildman–Crippen MR) is 115 cm³/mol. The third kappa shape index (κ3) is 4.09.